The van der Waals surface area contributed by atoms with Gasteiger partial charge in [-0.25, -0.2) is 4.79 Å². The second kappa shape index (κ2) is 7.37. The Balaban J connectivity index is 1.65. The van der Waals surface area contributed by atoms with Crippen LogP contribution in [-0.4, -0.2) is 71.8 Å². The fraction of sp³-hybridized carbons (Fsp3) is 0.619. The molecule has 7 heteroatoms. The van der Waals surface area contributed by atoms with E-state index in [2.05, 4.69) is 54.1 Å². The molecular formula is C21H31N5O2. The van der Waals surface area contributed by atoms with Crippen molar-refractivity contribution in [1.29, 1.82) is 0 Å². The number of likely N-dealkylation sites (N-methyl/N-ethyl adjacent to an activating group) is 1. The zero-order chi connectivity index (χ0) is 20.0. The van der Waals surface area contributed by atoms with Crippen molar-refractivity contribution in [3.05, 3.63) is 29.3 Å². The van der Waals surface area contributed by atoms with Crippen molar-refractivity contribution in [3.8, 4) is 0 Å². The van der Waals surface area contributed by atoms with Crippen molar-refractivity contribution in [2.45, 2.75) is 58.5 Å². The van der Waals surface area contributed by atoms with Gasteiger partial charge in [0, 0.05) is 32.4 Å². The molecule has 3 heterocycles. The Bertz CT molecular complexity index is 782. The number of unbranched alkanes of at least 4 members (excludes halogenated alkanes) is 1. The summed E-state index contributed by atoms with van der Waals surface area (Å²) in [5.41, 5.74) is 3.73. The maximum Gasteiger partial charge on any atom is 0.327 e. The summed E-state index contributed by atoms with van der Waals surface area (Å²) >= 11 is 0. The number of urea groups is 1. The third-order valence-electron chi connectivity index (χ3n) is 6.49. The average molecular weight is 386 g/mol. The molecule has 152 valence electrons. The molecular weight excluding hydrogens is 354 g/mol. The molecule has 1 N–H and O–H groups in total. The van der Waals surface area contributed by atoms with Crippen molar-refractivity contribution in [2.24, 2.45) is 0 Å². The van der Waals surface area contributed by atoms with Gasteiger partial charge in [-0.2, -0.15) is 0 Å². The van der Waals surface area contributed by atoms with Crippen molar-refractivity contribution < 1.29 is 9.59 Å². The number of benzene rings is 1. The molecule has 0 saturated carbocycles. The molecule has 0 radical (unpaired) electrons. The van der Waals surface area contributed by atoms with Gasteiger partial charge < -0.3 is 9.80 Å². The Morgan fingerprint density at radius 1 is 1.18 bits per heavy atom. The van der Waals surface area contributed by atoms with Gasteiger partial charge in [0.25, 0.3) is 5.91 Å². The number of carbonyl (C=O) groups excluding carboxylic acids is 2. The van der Waals surface area contributed by atoms with E-state index in [1.54, 1.807) is 11.9 Å². The Hall–Kier alpha value is -2.12. The lowest BCUT2D eigenvalue weighted by atomic mass is 10.1. The Labute approximate surface area is 167 Å². The van der Waals surface area contributed by atoms with Gasteiger partial charge >= 0.3 is 6.03 Å². The van der Waals surface area contributed by atoms with Gasteiger partial charge in [-0.15, -0.1) is 0 Å². The molecule has 1 aromatic rings. The summed E-state index contributed by atoms with van der Waals surface area (Å²) in [4.78, 5) is 33.8. The van der Waals surface area contributed by atoms with Crippen LogP contribution in [0.4, 0.5) is 10.5 Å². The number of aryl methyl sites for hydroxylation is 1. The van der Waals surface area contributed by atoms with Crippen LogP contribution in [0.25, 0.3) is 0 Å². The van der Waals surface area contributed by atoms with E-state index in [1.165, 1.54) is 21.7 Å². The molecule has 3 saturated heterocycles. The monoisotopic (exact) mass is 385 g/mol. The number of anilines is 1. The summed E-state index contributed by atoms with van der Waals surface area (Å²) in [5, 5.41) is 3.59. The number of nitrogens with zero attached hydrogens (tertiary/aromatic N) is 4. The normalized spacial score (nSPS) is 28.0. The lowest BCUT2D eigenvalue weighted by molar-refractivity contribution is -0.138. The largest absolute Gasteiger partial charge is 0.343 e. The van der Waals surface area contributed by atoms with Crippen molar-refractivity contribution >= 4 is 17.6 Å². The number of carbonyl (C=O) groups is 2. The van der Waals surface area contributed by atoms with Crippen LogP contribution in [0.2, 0.25) is 0 Å². The summed E-state index contributed by atoms with van der Waals surface area (Å²) in [7, 11) is 1.80. The molecule has 3 amide bonds. The topological polar surface area (TPSA) is 59.1 Å². The van der Waals surface area contributed by atoms with Gasteiger partial charge in [-0.05, 0) is 43.9 Å². The molecule has 0 aromatic heterocycles. The molecule has 0 aliphatic carbocycles. The first-order chi connectivity index (χ1) is 13.5. The minimum Gasteiger partial charge on any atom is -0.343 e. The van der Waals surface area contributed by atoms with Crippen LogP contribution < -0.4 is 10.2 Å². The first-order valence-electron chi connectivity index (χ1n) is 10.4. The van der Waals surface area contributed by atoms with Gasteiger partial charge in [-0.1, -0.05) is 25.5 Å². The van der Waals surface area contributed by atoms with E-state index >= 15 is 0 Å². The Morgan fingerprint density at radius 2 is 1.96 bits per heavy atom. The first kappa shape index (κ1) is 19.2. The number of imide groups is 1. The lowest BCUT2D eigenvalue weighted by Crippen LogP contribution is -2.66. The average Bonchev–Trinajstić information content (AvgIpc) is 3.08. The van der Waals surface area contributed by atoms with E-state index in [0.717, 1.165) is 32.4 Å². The van der Waals surface area contributed by atoms with E-state index in [9.17, 15) is 9.59 Å². The molecule has 1 aromatic carbocycles. The molecule has 3 aliphatic rings. The van der Waals surface area contributed by atoms with Gasteiger partial charge in [0.1, 0.15) is 18.5 Å². The molecule has 0 spiro atoms. The lowest BCUT2D eigenvalue weighted by Gasteiger charge is -2.44. The highest BCUT2D eigenvalue weighted by Crippen LogP contribution is 2.34. The van der Waals surface area contributed by atoms with E-state index < -0.39 is 0 Å². The highest BCUT2D eigenvalue weighted by molar-refractivity contribution is 6.00. The van der Waals surface area contributed by atoms with Gasteiger partial charge in [0.05, 0.1) is 0 Å². The predicted molar refractivity (Wildman–Crippen MR) is 109 cm³/mol. The highest BCUT2D eigenvalue weighted by atomic mass is 16.2. The maximum atomic E-state index is 13.3. The van der Waals surface area contributed by atoms with E-state index in [1.807, 2.05) is 0 Å². The summed E-state index contributed by atoms with van der Waals surface area (Å²) < 4.78 is 0. The summed E-state index contributed by atoms with van der Waals surface area (Å²) in [5.74, 6) is -0.0561. The van der Waals surface area contributed by atoms with Crippen LogP contribution in [0, 0.1) is 13.8 Å². The van der Waals surface area contributed by atoms with E-state index in [4.69, 9.17) is 0 Å². The highest BCUT2D eigenvalue weighted by Gasteiger charge is 2.55. The Kier molecular flexibility index (Phi) is 5.05. The van der Waals surface area contributed by atoms with Crippen LogP contribution in [0.1, 0.15) is 37.3 Å². The zero-order valence-electron chi connectivity index (χ0n) is 17.3. The Morgan fingerprint density at radius 3 is 2.71 bits per heavy atom. The summed E-state index contributed by atoms with van der Waals surface area (Å²) in [6.07, 6.45) is 2.44. The standard InChI is InChI=1S/C21H31N5O2/c1-5-6-11-26-19(27)17-18(23(4)21(26)28)22-20-24(12-8-13-25(17)20)16-10-7-9-14(2)15(16)3/h7,9-10,17-18,20,22H,5-6,8,11-13H2,1-4H3. The number of hydrogen-bond donors (Lipinski definition) is 1. The number of amides is 3. The second-order valence-corrected chi connectivity index (χ2v) is 8.17. The summed E-state index contributed by atoms with van der Waals surface area (Å²) in [6, 6.07) is 5.86. The smallest absolute Gasteiger partial charge is 0.327 e. The molecule has 7 nitrogen and oxygen atoms in total. The van der Waals surface area contributed by atoms with E-state index in [-0.39, 0.29) is 30.4 Å². The molecule has 0 bridgehead atoms. The van der Waals surface area contributed by atoms with Crippen molar-refractivity contribution in [1.82, 2.24) is 20.0 Å². The second-order valence-electron chi connectivity index (χ2n) is 8.17. The van der Waals surface area contributed by atoms with E-state index in [0.29, 0.717) is 6.54 Å². The maximum absolute atomic E-state index is 13.3. The minimum absolute atomic E-state index is 0.0561. The molecule has 4 rings (SSSR count). The fourth-order valence-corrected chi connectivity index (χ4v) is 4.73. The van der Waals surface area contributed by atoms with Crippen LogP contribution in [-0.2, 0) is 4.79 Å². The molecule has 3 aliphatic heterocycles. The first-order valence-corrected chi connectivity index (χ1v) is 10.4. The SMILES string of the molecule is CCCCN1C(=O)C2C(NC3N(c4cccc(C)c4C)CCCN23)N(C)C1=O. The fourth-order valence-electron chi connectivity index (χ4n) is 4.73. The van der Waals surface area contributed by atoms with Crippen LogP contribution >= 0.6 is 0 Å². The van der Waals surface area contributed by atoms with Crippen molar-refractivity contribution in [3.63, 3.8) is 0 Å². The summed E-state index contributed by atoms with van der Waals surface area (Å²) in [6.45, 7) is 8.65. The number of nitrogens with one attached hydrogen (secondary N) is 1. The third-order valence-corrected chi connectivity index (χ3v) is 6.49. The van der Waals surface area contributed by atoms with Gasteiger partial charge in [-0.3, -0.25) is 19.9 Å². The molecule has 28 heavy (non-hydrogen) atoms. The van der Waals surface area contributed by atoms with Gasteiger partial charge in [0.15, 0.2) is 0 Å². The molecule has 3 fully saturated rings. The molecule has 3 atom stereocenters. The van der Waals surface area contributed by atoms with Crippen LogP contribution in [0.3, 0.4) is 0 Å². The minimum atomic E-state index is -0.322. The van der Waals surface area contributed by atoms with Crippen LogP contribution in [0.5, 0.6) is 0 Å². The predicted octanol–water partition coefficient (Wildman–Crippen LogP) is 2.09. The quantitative estimate of drug-likeness (QED) is 0.860. The van der Waals surface area contributed by atoms with Crippen molar-refractivity contribution in [2.75, 3.05) is 31.6 Å². The zero-order valence-corrected chi connectivity index (χ0v) is 17.3. The number of rotatable bonds is 4. The van der Waals surface area contributed by atoms with Gasteiger partial charge in [0.2, 0.25) is 0 Å². The number of fused-ring (bicyclic) bond motifs is 3. The third kappa shape index (κ3) is 2.88. The number of hydrogen-bond acceptors (Lipinski definition) is 5. The molecule has 3 unspecified atom stereocenters. The van der Waals surface area contributed by atoms with Crippen LogP contribution in [0.15, 0.2) is 18.2 Å².